The molecule has 1 aliphatic rings. The third-order valence-electron chi connectivity index (χ3n) is 3.44. The third-order valence-corrected chi connectivity index (χ3v) is 4.49. The van der Waals surface area contributed by atoms with Crippen LogP contribution in [0.3, 0.4) is 0 Å². The highest BCUT2D eigenvalue weighted by molar-refractivity contribution is 6.37. The second-order valence-corrected chi connectivity index (χ2v) is 5.72. The van der Waals surface area contributed by atoms with Crippen LogP contribution in [-0.2, 0) is 0 Å². The van der Waals surface area contributed by atoms with Crippen molar-refractivity contribution in [3.05, 3.63) is 27.2 Å². The second kappa shape index (κ2) is 6.14. The van der Waals surface area contributed by atoms with Crippen LogP contribution in [0.4, 0.5) is 0 Å². The van der Waals surface area contributed by atoms with Gasteiger partial charge in [0, 0.05) is 17.5 Å². The van der Waals surface area contributed by atoms with Crippen molar-refractivity contribution >= 4 is 23.2 Å². The van der Waals surface area contributed by atoms with E-state index in [1.54, 1.807) is 0 Å². The highest BCUT2D eigenvalue weighted by atomic mass is 35.5. The monoisotopic (exact) mass is 287 g/mol. The Bertz CT molecular complexity index is 428. The molecule has 1 saturated heterocycles. The highest BCUT2D eigenvalue weighted by Crippen LogP contribution is 2.35. The van der Waals surface area contributed by atoms with E-state index in [4.69, 9.17) is 27.9 Å². The fourth-order valence-corrected chi connectivity index (χ4v) is 2.68. The summed E-state index contributed by atoms with van der Waals surface area (Å²) in [5.74, 6) is 1.33. The number of aryl methyl sites for hydroxylation is 1. The Balaban J connectivity index is 2.05. The summed E-state index contributed by atoms with van der Waals surface area (Å²) in [5, 5.41) is 4.75. The van der Waals surface area contributed by atoms with Crippen molar-refractivity contribution in [3.8, 4) is 5.75 Å². The van der Waals surface area contributed by atoms with Crippen LogP contribution in [0.5, 0.6) is 5.75 Å². The summed E-state index contributed by atoms with van der Waals surface area (Å²) in [6.45, 7) is 6.76. The first kappa shape index (κ1) is 14.0. The number of nitrogens with one attached hydrogen (secondary N) is 1. The van der Waals surface area contributed by atoms with E-state index in [0.29, 0.717) is 17.5 Å². The van der Waals surface area contributed by atoms with Gasteiger partial charge in [0.05, 0.1) is 11.6 Å². The van der Waals surface area contributed by atoms with Crippen molar-refractivity contribution in [1.82, 2.24) is 5.32 Å². The van der Waals surface area contributed by atoms with Crippen LogP contribution in [0.1, 0.15) is 24.0 Å². The smallest absolute Gasteiger partial charge is 0.138 e. The lowest BCUT2D eigenvalue weighted by Gasteiger charge is -2.23. The molecule has 0 bridgehead atoms. The first-order chi connectivity index (χ1) is 8.59. The van der Waals surface area contributed by atoms with Gasteiger partial charge in [-0.25, -0.2) is 0 Å². The fraction of sp³-hybridized carbons (Fsp3) is 0.571. The number of halogens is 2. The van der Waals surface area contributed by atoms with Crippen LogP contribution in [0.25, 0.3) is 0 Å². The van der Waals surface area contributed by atoms with Crippen LogP contribution in [0, 0.1) is 19.8 Å². The summed E-state index contributed by atoms with van der Waals surface area (Å²) >= 11 is 12.4. The van der Waals surface area contributed by atoms with Gasteiger partial charge in [-0.15, -0.1) is 0 Å². The lowest BCUT2D eigenvalue weighted by Crippen LogP contribution is -2.33. The van der Waals surface area contributed by atoms with Gasteiger partial charge in [0.15, 0.2) is 0 Å². The number of rotatable bonds is 3. The number of hydrogen-bond donors (Lipinski definition) is 1. The van der Waals surface area contributed by atoms with Crippen molar-refractivity contribution in [2.24, 2.45) is 5.92 Å². The minimum absolute atomic E-state index is 0.575. The van der Waals surface area contributed by atoms with Crippen LogP contribution in [0.2, 0.25) is 10.0 Å². The van der Waals surface area contributed by atoms with Crippen molar-refractivity contribution < 1.29 is 4.74 Å². The molecule has 18 heavy (non-hydrogen) atoms. The topological polar surface area (TPSA) is 21.3 Å². The molecule has 0 radical (unpaired) electrons. The molecule has 0 aliphatic carbocycles. The number of piperidine rings is 1. The summed E-state index contributed by atoms with van der Waals surface area (Å²) in [6.07, 6.45) is 2.44. The van der Waals surface area contributed by atoms with Gasteiger partial charge in [-0.2, -0.15) is 0 Å². The zero-order chi connectivity index (χ0) is 13.1. The van der Waals surface area contributed by atoms with Crippen molar-refractivity contribution in [3.63, 3.8) is 0 Å². The standard InChI is InChI=1S/C14H19Cl2NO/c1-9-6-12(14(16)10(2)13(9)15)18-8-11-4-3-5-17-7-11/h6,11,17H,3-5,7-8H2,1-2H3/t11-/m0/s1. The number of benzene rings is 1. The van der Waals surface area contributed by atoms with Crippen molar-refractivity contribution in [1.29, 1.82) is 0 Å². The van der Waals surface area contributed by atoms with Crippen LogP contribution in [-0.4, -0.2) is 19.7 Å². The molecular formula is C14H19Cl2NO. The van der Waals surface area contributed by atoms with Gasteiger partial charge in [-0.1, -0.05) is 23.2 Å². The van der Waals surface area contributed by atoms with Crippen LogP contribution < -0.4 is 10.1 Å². The average molecular weight is 288 g/mol. The lowest BCUT2D eigenvalue weighted by molar-refractivity contribution is 0.218. The Morgan fingerprint density at radius 3 is 2.78 bits per heavy atom. The lowest BCUT2D eigenvalue weighted by atomic mass is 10.0. The molecule has 100 valence electrons. The van der Waals surface area contributed by atoms with E-state index in [0.717, 1.165) is 35.0 Å². The molecule has 1 aromatic carbocycles. The Hall–Kier alpha value is -0.440. The molecule has 1 heterocycles. The van der Waals surface area contributed by atoms with E-state index < -0.39 is 0 Å². The molecule has 1 aromatic rings. The molecule has 1 atom stereocenters. The van der Waals surface area contributed by atoms with Gasteiger partial charge in [0.2, 0.25) is 0 Å². The molecule has 0 aromatic heterocycles. The van der Waals surface area contributed by atoms with Gasteiger partial charge < -0.3 is 10.1 Å². The van der Waals surface area contributed by atoms with E-state index in [9.17, 15) is 0 Å². The molecule has 0 spiro atoms. The summed E-state index contributed by atoms with van der Waals surface area (Å²) in [7, 11) is 0. The third kappa shape index (κ3) is 3.11. The average Bonchev–Trinajstić information content (AvgIpc) is 2.40. The van der Waals surface area contributed by atoms with Crippen molar-refractivity contribution in [2.45, 2.75) is 26.7 Å². The van der Waals surface area contributed by atoms with E-state index >= 15 is 0 Å². The van der Waals surface area contributed by atoms with E-state index in [1.807, 2.05) is 19.9 Å². The molecule has 2 rings (SSSR count). The minimum atomic E-state index is 0.575. The zero-order valence-electron chi connectivity index (χ0n) is 10.9. The van der Waals surface area contributed by atoms with Gasteiger partial charge >= 0.3 is 0 Å². The molecule has 2 nitrogen and oxygen atoms in total. The Kier molecular flexibility index (Phi) is 4.77. The fourth-order valence-electron chi connectivity index (χ4n) is 2.28. The van der Waals surface area contributed by atoms with E-state index in [-0.39, 0.29) is 0 Å². The number of hydrogen-bond acceptors (Lipinski definition) is 2. The predicted octanol–water partition coefficient (Wildman–Crippen LogP) is 3.99. The van der Waals surface area contributed by atoms with Crippen LogP contribution >= 0.6 is 23.2 Å². The first-order valence-electron chi connectivity index (χ1n) is 6.38. The predicted molar refractivity (Wildman–Crippen MR) is 77.0 cm³/mol. The summed E-state index contributed by atoms with van der Waals surface area (Å²) in [5.41, 5.74) is 1.91. The van der Waals surface area contributed by atoms with E-state index in [2.05, 4.69) is 5.32 Å². The van der Waals surface area contributed by atoms with Crippen molar-refractivity contribution in [2.75, 3.05) is 19.7 Å². The largest absolute Gasteiger partial charge is 0.492 e. The molecule has 0 amide bonds. The molecule has 1 N–H and O–H groups in total. The maximum Gasteiger partial charge on any atom is 0.138 e. The summed E-state index contributed by atoms with van der Waals surface area (Å²) in [4.78, 5) is 0. The quantitative estimate of drug-likeness (QED) is 0.908. The molecule has 1 aliphatic heterocycles. The highest BCUT2D eigenvalue weighted by Gasteiger charge is 2.16. The first-order valence-corrected chi connectivity index (χ1v) is 7.14. The van der Waals surface area contributed by atoms with Gasteiger partial charge in [0.1, 0.15) is 5.75 Å². The normalized spacial score (nSPS) is 19.9. The van der Waals surface area contributed by atoms with E-state index in [1.165, 1.54) is 12.8 Å². The maximum atomic E-state index is 6.26. The Labute approximate surface area is 119 Å². The maximum absolute atomic E-state index is 6.26. The van der Waals surface area contributed by atoms with Crippen LogP contribution in [0.15, 0.2) is 6.07 Å². The number of ether oxygens (including phenoxy) is 1. The zero-order valence-corrected chi connectivity index (χ0v) is 12.4. The summed E-state index contributed by atoms with van der Waals surface area (Å²) in [6, 6.07) is 1.92. The van der Waals surface area contributed by atoms with Gasteiger partial charge in [-0.3, -0.25) is 0 Å². The minimum Gasteiger partial charge on any atom is -0.492 e. The summed E-state index contributed by atoms with van der Waals surface area (Å²) < 4.78 is 5.86. The Morgan fingerprint density at radius 2 is 2.11 bits per heavy atom. The molecule has 1 fully saturated rings. The van der Waals surface area contributed by atoms with Gasteiger partial charge in [0.25, 0.3) is 0 Å². The molecule has 0 saturated carbocycles. The molecule has 4 heteroatoms. The molecular weight excluding hydrogens is 269 g/mol. The SMILES string of the molecule is Cc1cc(OC[C@H]2CCCNC2)c(Cl)c(C)c1Cl. The second-order valence-electron chi connectivity index (χ2n) is 4.97. The van der Waals surface area contributed by atoms with Gasteiger partial charge in [-0.05, 0) is 50.4 Å². The Morgan fingerprint density at radius 1 is 1.33 bits per heavy atom. The molecule has 0 unspecified atom stereocenters.